The topological polar surface area (TPSA) is 121 Å². The lowest BCUT2D eigenvalue weighted by atomic mass is 9.79. The van der Waals surface area contributed by atoms with Crippen molar-refractivity contribution in [2.75, 3.05) is 33.3 Å². The van der Waals surface area contributed by atoms with Crippen molar-refractivity contribution in [2.24, 2.45) is 23.5 Å². The molecule has 2 aliphatic heterocycles. The molecule has 0 spiro atoms. The third kappa shape index (κ3) is 5.57. The minimum Gasteiger partial charge on any atom is -0.493 e. The molecule has 2 fully saturated rings. The van der Waals surface area contributed by atoms with E-state index in [0.717, 1.165) is 16.5 Å². The Hall–Kier alpha value is -3.27. The van der Waals surface area contributed by atoms with Gasteiger partial charge in [0.05, 0.1) is 19.6 Å². The largest absolute Gasteiger partial charge is 0.493 e. The number of halogens is 1. The zero-order valence-corrected chi connectivity index (χ0v) is 23.1. The number of carbonyl (C=O) groups excluding carboxylic acids is 2. The lowest BCUT2D eigenvalue weighted by Crippen LogP contribution is -2.54. The standard InChI is InChI=1S/C29H35ClN4O5/c1-16(2)39-25-7-4-17(8-26(25)38-3)29(37)34-13-19-12-33(15-23(28(31)36)22(19)14-34)27(35)9-18-11-32-24-10-20(30)5-6-21(18)24/h4-8,10-11,16,19,22-23,28,32,36H,9,12-15,31H2,1-3H3. The molecule has 2 aromatic carbocycles. The number of hydrogen-bond donors (Lipinski definition) is 3. The van der Waals surface area contributed by atoms with Crippen LogP contribution in [0.2, 0.25) is 5.02 Å². The molecule has 9 nitrogen and oxygen atoms in total. The number of aliphatic hydroxyl groups is 1. The number of ether oxygens (including phenoxy) is 2. The number of hydrogen-bond acceptors (Lipinski definition) is 6. The predicted octanol–water partition coefficient (Wildman–Crippen LogP) is 3.28. The molecule has 0 saturated carbocycles. The van der Waals surface area contributed by atoms with Crippen LogP contribution in [-0.4, -0.2) is 77.3 Å². The van der Waals surface area contributed by atoms with Crippen molar-refractivity contribution in [1.29, 1.82) is 0 Å². The van der Waals surface area contributed by atoms with Crippen LogP contribution in [-0.2, 0) is 11.2 Å². The SMILES string of the molecule is COc1cc(C(=O)N2CC3CN(C(=O)Cc4c[nH]c5cc(Cl)ccc45)CC(C(N)O)C3C2)ccc1OC(C)C. The van der Waals surface area contributed by atoms with Gasteiger partial charge in [-0.3, -0.25) is 9.59 Å². The van der Waals surface area contributed by atoms with E-state index in [1.807, 2.05) is 38.2 Å². The summed E-state index contributed by atoms with van der Waals surface area (Å²) in [5.41, 5.74) is 8.27. The molecular formula is C29H35ClN4O5. The summed E-state index contributed by atoms with van der Waals surface area (Å²) in [6.07, 6.45) is 0.940. The number of nitrogens with one attached hydrogen (secondary N) is 1. The van der Waals surface area contributed by atoms with Crippen molar-refractivity contribution in [2.45, 2.75) is 32.6 Å². The molecule has 0 aliphatic carbocycles. The molecule has 3 heterocycles. The summed E-state index contributed by atoms with van der Waals surface area (Å²) in [7, 11) is 1.55. The Morgan fingerprint density at radius 2 is 1.87 bits per heavy atom. The number of rotatable bonds is 7. The third-order valence-corrected chi connectivity index (χ3v) is 8.09. The first kappa shape index (κ1) is 27.3. The number of methoxy groups -OCH3 is 1. The van der Waals surface area contributed by atoms with E-state index in [4.69, 9.17) is 26.8 Å². The minimum absolute atomic E-state index is 0.00123. The van der Waals surface area contributed by atoms with Gasteiger partial charge >= 0.3 is 0 Å². The van der Waals surface area contributed by atoms with Crippen LogP contribution >= 0.6 is 11.6 Å². The molecule has 4 N–H and O–H groups in total. The van der Waals surface area contributed by atoms with Crippen molar-refractivity contribution in [3.63, 3.8) is 0 Å². The molecule has 208 valence electrons. The maximum Gasteiger partial charge on any atom is 0.254 e. The molecule has 2 saturated heterocycles. The number of benzene rings is 2. The van der Waals surface area contributed by atoms with Crippen LogP contribution in [0.5, 0.6) is 11.5 Å². The fourth-order valence-corrected chi connectivity index (χ4v) is 6.14. The quantitative estimate of drug-likeness (QED) is 0.385. The zero-order valence-electron chi connectivity index (χ0n) is 22.4. The number of fused-ring (bicyclic) bond motifs is 2. The number of amides is 2. The number of aromatic amines is 1. The highest BCUT2D eigenvalue weighted by atomic mass is 35.5. The zero-order chi connectivity index (χ0) is 27.8. The first-order valence-electron chi connectivity index (χ1n) is 13.3. The molecule has 1 aromatic heterocycles. The van der Waals surface area contributed by atoms with Gasteiger partial charge in [-0.05, 0) is 61.6 Å². The van der Waals surface area contributed by atoms with E-state index in [9.17, 15) is 14.7 Å². The van der Waals surface area contributed by atoms with Crippen LogP contribution in [0.1, 0.15) is 29.8 Å². The van der Waals surface area contributed by atoms with E-state index >= 15 is 0 Å². The summed E-state index contributed by atoms with van der Waals surface area (Å²) in [6.45, 7) is 5.67. The average Bonchev–Trinajstić information content (AvgIpc) is 3.51. The number of likely N-dealkylation sites (tertiary alicyclic amines) is 2. The highest BCUT2D eigenvalue weighted by Gasteiger charge is 2.47. The van der Waals surface area contributed by atoms with Gasteiger partial charge < -0.3 is 35.1 Å². The highest BCUT2D eigenvalue weighted by molar-refractivity contribution is 6.31. The van der Waals surface area contributed by atoms with E-state index in [0.29, 0.717) is 48.3 Å². The second kappa shape index (κ2) is 11.1. The fourth-order valence-electron chi connectivity index (χ4n) is 5.97. The summed E-state index contributed by atoms with van der Waals surface area (Å²) < 4.78 is 11.2. The average molecular weight is 555 g/mol. The molecule has 10 heteroatoms. The Balaban J connectivity index is 1.31. The predicted molar refractivity (Wildman–Crippen MR) is 149 cm³/mol. The van der Waals surface area contributed by atoms with Crippen LogP contribution < -0.4 is 15.2 Å². The van der Waals surface area contributed by atoms with Gasteiger partial charge in [0.25, 0.3) is 5.91 Å². The second-order valence-electron chi connectivity index (χ2n) is 10.8. The van der Waals surface area contributed by atoms with Crippen molar-refractivity contribution >= 4 is 34.3 Å². The summed E-state index contributed by atoms with van der Waals surface area (Å²) in [5.74, 6) is 0.602. The van der Waals surface area contributed by atoms with E-state index < -0.39 is 6.23 Å². The van der Waals surface area contributed by atoms with Crippen molar-refractivity contribution in [1.82, 2.24) is 14.8 Å². The summed E-state index contributed by atoms with van der Waals surface area (Å²) >= 11 is 6.10. The first-order valence-corrected chi connectivity index (χ1v) is 13.6. The molecule has 4 atom stereocenters. The fraction of sp³-hybridized carbons (Fsp3) is 0.448. The second-order valence-corrected chi connectivity index (χ2v) is 11.2. The van der Waals surface area contributed by atoms with Crippen LogP contribution in [0, 0.1) is 17.8 Å². The molecule has 2 amide bonds. The monoisotopic (exact) mass is 554 g/mol. The number of H-pyrrole nitrogens is 1. The molecule has 39 heavy (non-hydrogen) atoms. The van der Waals surface area contributed by atoms with Crippen molar-refractivity contribution in [3.8, 4) is 11.5 Å². The smallest absolute Gasteiger partial charge is 0.254 e. The highest BCUT2D eigenvalue weighted by Crippen LogP contribution is 2.38. The van der Waals surface area contributed by atoms with Gasteiger partial charge in [-0.25, -0.2) is 0 Å². The summed E-state index contributed by atoms with van der Waals surface area (Å²) in [6, 6.07) is 10.7. The molecule has 3 aromatic rings. The molecule has 0 radical (unpaired) electrons. The number of piperidine rings is 1. The molecule has 5 rings (SSSR count). The first-order chi connectivity index (χ1) is 18.6. The molecule has 2 aliphatic rings. The van der Waals surface area contributed by atoms with E-state index in [1.54, 1.807) is 35.1 Å². The van der Waals surface area contributed by atoms with E-state index in [-0.39, 0.29) is 42.1 Å². The van der Waals surface area contributed by atoms with Gasteiger partial charge in [0.1, 0.15) is 6.23 Å². The van der Waals surface area contributed by atoms with Gasteiger partial charge in [0.15, 0.2) is 11.5 Å². The van der Waals surface area contributed by atoms with Gasteiger partial charge in [0, 0.05) is 59.8 Å². The summed E-state index contributed by atoms with van der Waals surface area (Å²) in [4.78, 5) is 33.6. The number of aliphatic hydroxyl groups excluding tert-OH is 1. The Bertz CT molecular complexity index is 1370. The minimum atomic E-state index is -1.09. The Kier molecular flexibility index (Phi) is 7.75. The Morgan fingerprint density at radius 3 is 2.59 bits per heavy atom. The summed E-state index contributed by atoms with van der Waals surface area (Å²) in [5, 5.41) is 12.0. The van der Waals surface area contributed by atoms with Gasteiger partial charge in [-0.15, -0.1) is 0 Å². The number of nitrogens with two attached hydrogens (primary N) is 1. The van der Waals surface area contributed by atoms with E-state index in [2.05, 4.69) is 4.98 Å². The molecule has 0 bridgehead atoms. The lowest BCUT2D eigenvalue weighted by molar-refractivity contribution is -0.135. The molecular weight excluding hydrogens is 520 g/mol. The number of nitrogens with zero attached hydrogens (tertiary/aromatic N) is 2. The van der Waals surface area contributed by atoms with Crippen LogP contribution in [0.15, 0.2) is 42.6 Å². The van der Waals surface area contributed by atoms with Crippen LogP contribution in [0.3, 0.4) is 0 Å². The van der Waals surface area contributed by atoms with Gasteiger partial charge in [0.2, 0.25) is 5.91 Å². The van der Waals surface area contributed by atoms with E-state index in [1.165, 1.54) is 0 Å². The third-order valence-electron chi connectivity index (χ3n) is 7.85. The van der Waals surface area contributed by atoms with Gasteiger partial charge in [-0.1, -0.05) is 17.7 Å². The van der Waals surface area contributed by atoms with Crippen molar-refractivity contribution in [3.05, 3.63) is 58.7 Å². The Morgan fingerprint density at radius 1 is 1.10 bits per heavy atom. The van der Waals surface area contributed by atoms with Crippen molar-refractivity contribution < 1.29 is 24.2 Å². The normalized spacial score (nSPS) is 21.8. The molecule has 4 unspecified atom stereocenters. The maximum absolute atomic E-state index is 13.5. The number of carbonyl (C=O) groups is 2. The van der Waals surface area contributed by atoms with Crippen LogP contribution in [0.4, 0.5) is 0 Å². The van der Waals surface area contributed by atoms with Gasteiger partial charge in [-0.2, -0.15) is 0 Å². The van der Waals surface area contributed by atoms with Crippen LogP contribution in [0.25, 0.3) is 10.9 Å². The Labute approximate surface area is 232 Å². The maximum atomic E-state index is 13.5. The number of aromatic nitrogens is 1. The lowest BCUT2D eigenvalue weighted by Gasteiger charge is -2.41.